The summed E-state index contributed by atoms with van der Waals surface area (Å²) in [5, 5.41) is 8.99. The zero-order valence-electron chi connectivity index (χ0n) is 16.9. The molecule has 0 spiro atoms. The number of aromatic nitrogens is 2. The van der Waals surface area contributed by atoms with E-state index in [2.05, 4.69) is 27.8 Å². The Morgan fingerprint density at radius 3 is 2.90 bits per heavy atom. The SMILES string of the molecule is CC1CCCN1CCCOc1ccc2c(n1)CCN(c1ccc(C(=O)O)nc1)C2. The lowest BCUT2D eigenvalue weighted by molar-refractivity contribution is 0.0690. The molecule has 0 aromatic carbocycles. The van der Waals surface area contributed by atoms with E-state index in [4.69, 9.17) is 14.8 Å². The molecule has 2 aromatic heterocycles. The molecule has 1 N–H and O–H groups in total. The molecule has 0 bridgehead atoms. The summed E-state index contributed by atoms with van der Waals surface area (Å²) in [5.74, 6) is -0.300. The van der Waals surface area contributed by atoms with Crippen LogP contribution in [-0.4, -0.2) is 58.2 Å². The van der Waals surface area contributed by atoms with E-state index in [1.807, 2.05) is 12.1 Å². The normalized spacial score (nSPS) is 19.2. The number of ether oxygens (including phenoxy) is 1. The van der Waals surface area contributed by atoms with Gasteiger partial charge in [0.2, 0.25) is 5.88 Å². The van der Waals surface area contributed by atoms with Gasteiger partial charge < -0.3 is 19.6 Å². The van der Waals surface area contributed by atoms with Crippen molar-refractivity contribution in [3.63, 3.8) is 0 Å². The van der Waals surface area contributed by atoms with Gasteiger partial charge in [-0.2, -0.15) is 0 Å². The minimum absolute atomic E-state index is 0.0637. The highest BCUT2D eigenvalue weighted by Crippen LogP contribution is 2.25. The van der Waals surface area contributed by atoms with Crippen LogP contribution in [0.25, 0.3) is 0 Å². The molecule has 2 aromatic rings. The number of likely N-dealkylation sites (tertiary alicyclic amines) is 1. The number of aromatic carboxylic acids is 1. The molecule has 1 atom stereocenters. The third-order valence-electron chi connectivity index (χ3n) is 5.88. The molecule has 1 saturated heterocycles. The van der Waals surface area contributed by atoms with Gasteiger partial charge in [-0.3, -0.25) is 0 Å². The lowest BCUT2D eigenvalue weighted by atomic mass is 10.1. The fourth-order valence-corrected chi connectivity index (χ4v) is 4.17. The molecular formula is C22H28N4O3. The van der Waals surface area contributed by atoms with Gasteiger partial charge in [0.05, 0.1) is 24.2 Å². The topological polar surface area (TPSA) is 78.8 Å². The summed E-state index contributed by atoms with van der Waals surface area (Å²) in [6.45, 7) is 6.87. The van der Waals surface area contributed by atoms with Crippen LogP contribution in [-0.2, 0) is 13.0 Å². The Balaban J connectivity index is 1.30. The largest absolute Gasteiger partial charge is 0.478 e. The number of anilines is 1. The predicted molar refractivity (Wildman–Crippen MR) is 111 cm³/mol. The number of carbonyl (C=O) groups is 1. The maximum absolute atomic E-state index is 11.0. The number of hydrogen-bond donors (Lipinski definition) is 1. The number of hydrogen-bond acceptors (Lipinski definition) is 6. The van der Waals surface area contributed by atoms with Crippen LogP contribution in [0.15, 0.2) is 30.5 Å². The zero-order valence-corrected chi connectivity index (χ0v) is 16.9. The molecule has 7 nitrogen and oxygen atoms in total. The molecule has 1 fully saturated rings. The monoisotopic (exact) mass is 396 g/mol. The summed E-state index contributed by atoms with van der Waals surface area (Å²) in [6.07, 6.45) is 6.10. The minimum Gasteiger partial charge on any atom is -0.478 e. The highest BCUT2D eigenvalue weighted by atomic mass is 16.5. The van der Waals surface area contributed by atoms with Gasteiger partial charge in [0, 0.05) is 38.2 Å². The molecule has 2 aliphatic rings. The van der Waals surface area contributed by atoms with Gasteiger partial charge >= 0.3 is 5.97 Å². The molecular weight excluding hydrogens is 368 g/mol. The van der Waals surface area contributed by atoms with E-state index in [9.17, 15) is 4.79 Å². The van der Waals surface area contributed by atoms with E-state index < -0.39 is 5.97 Å². The molecule has 4 heterocycles. The fourth-order valence-electron chi connectivity index (χ4n) is 4.17. The van der Waals surface area contributed by atoms with Gasteiger partial charge in [0.1, 0.15) is 5.69 Å². The van der Waals surface area contributed by atoms with Crippen LogP contribution in [0, 0.1) is 0 Å². The Bertz CT molecular complexity index is 856. The van der Waals surface area contributed by atoms with Crippen LogP contribution in [0.4, 0.5) is 5.69 Å². The molecule has 2 aliphatic heterocycles. The van der Waals surface area contributed by atoms with Gasteiger partial charge in [0.25, 0.3) is 0 Å². The molecule has 0 amide bonds. The maximum atomic E-state index is 11.0. The molecule has 0 saturated carbocycles. The van der Waals surface area contributed by atoms with Crippen molar-refractivity contribution in [1.29, 1.82) is 0 Å². The summed E-state index contributed by atoms with van der Waals surface area (Å²) in [6, 6.07) is 8.10. The van der Waals surface area contributed by atoms with Crippen molar-refractivity contribution in [2.45, 2.75) is 45.2 Å². The Morgan fingerprint density at radius 2 is 2.17 bits per heavy atom. The Kier molecular flexibility index (Phi) is 5.94. The van der Waals surface area contributed by atoms with Crippen LogP contribution in [0.2, 0.25) is 0 Å². The van der Waals surface area contributed by atoms with E-state index >= 15 is 0 Å². The van der Waals surface area contributed by atoms with Crippen molar-refractivity contribution in [3.05, 3.63) is 47.4 Å². The second-order valence-corrected chi connectivity index (χ2v) is 7.86. The number of carboxylic acids is 1. The molecule has 0 radical (unpaired) electrons. The van der Waals surface area contributed by atoms with Gasteiger partial charge in [-0.05, 0) is 50.4 Å². The van der Waals surface area contributed by atoms with Crippen LogP contribution in [0.5, 0.6) is 5.88 Å². The van der Waals surface area contributed by atoms with Gasteiger partial charge in [0.15, 0.2) is 0 Å². The number of pyridine rings is 2. The molecule has 7 heteroatoms. The van der Waals surface area contributed by atoms with E-state index in [1.165, 1.54) is 24.9 Å². The third kappa shape index (κ3) is 4.67. The lowest BCUT2D eigenvalue weighted by Crippen LogP contribution is -2.31. The van der Waals surface area contributed by atoms with Crippen LogP contribution in [0.1, 0.15) is 47.9 Å². The van der Waals surface area contributed by atoms with Gasteiger partial charge in [-0.1, -0.05) is 6.07 Å². The highest BCUT2D eigenvalue weighted by molar-refractivity contribution is 5.85. The second kappa shape index (κ2) is 8.78. The highest BCUT2D eigenvalue weighted by Gasteiger charge is 2.20. The third-order valence-corrected chi connectivity index (χ3v) is 5.88. The lowest BCUT2D eigenvalue weighted by Gasteiger charge is -2.30. The Hall–Kier alpha value is -2.67. The second-order valence-electron chi connectivity index (χ2n) is 7.86. The Morgan fingerprint density at radius 1 is 1.28 bits per heavy atom. The number of carboxylic acid groups (broad SMARTS) is 1. The average Bonchev–Trinajstić information content (AvgIpc) is 3.15. The first-order chi connectivity index (χ1) is 14.1. The van der Waals surface area contributed by atoms with Crippen LogP contribution >= 0.6 is 0 Å². The summed E-state index contributed by atoms with van der Waals surface area (Å²) < 4.78 is 5.90. The summed E-state index contributed by atoms with van der Waals surface area (Å²) in [4.78, 5) is 24.4. The molecule has 4 rings (SSSR count). The fraction of sp³-hybridized carbons (Fsp3) is 0.500. The smallest absolute Gasteiger partial charge is 0.354 e. The van der Waals surface area contributed by atoms with Crippen molar-refractivity contribution >= 4 is 11.7 Å². The first-order valence-electron chi connectivity index (χ1n) is 10.4. The maximum Gasteiger partial charge on any atom is 0.354 e. The first-order valence-corrected chi connectivity index (χ1v) is 10.4. The Labute approximate surface area is 171 Å². The summed E-state index contributed by atoms with van der Waals surface area (Å²) in [5.41, 5.74) is 3.25. The van der Waals surface area contributed by atoms with E-state index in [0.29, 0.717) is 18.5 Å². The van der Waals surface area contributed by atoms with Crippen molar-refractivity contribution in [2.75, 3.05) is 31.1 Å². The minimum atomic E-state index is -1.01. The van der Waals surface area contributed by atoms with Crippen LogP contribution < -0.4 is 9.64 Å². The van der Waals surface area contributed by atoms with Gasteiger partial charge in [-0.15, -0.1) is 0 Å². The van der Waals surface area contributed by atoms with Crippen molar-refractivity contribution in [2.24, 2.45) is 0 Å². The zero-order chi connectivity index (χ0) is 20.2. The van der Waals surface area contributed by atoms with E-state index in [-0.39, 0.29) is 5.69 Å². The van der Waals surface area contributed by atoms with E-state index in [1.54, 1.807) is 12.3 Å². The molecule has 0 aliphatic carbocycles. The predicted octanol–water partition coefficient (Wildman–Crippen LogP) is 2.99. The van der Waals surface area contributed by atoms with Crippen LogP contribution in [0.3, 0.4) is 0 Å². The van der Waals surface area contributed by atoms with Crippen molar-refractivity contribution in [3.8, 4) is 5.88 Å². The number of rotatable bonds is 7. The number of nitrogens with zero attached hydrogens (tertiary/aromatic N) is 4. The van der Waals surface area contributed by atoms with Crippen molar-refractivity contribution < 1.29 is 14.6 Å². The van der Waals surface area contributed by atoms with Crippen molar-refractivity contribution in [1.82, 2.24) is 14.9 Å². The molecule has 29 heavy (non-hydrogen) atoms. The molecule has 1 unspecified atom stereocenters. The standard InChI is InChI=1S/C22H28N4O3/c1-16-4-2-10-25(16)11-3-13-29-21-8-5-17-15-26(12-9-19(17)24-21)18-6-7-20(22(27)28)23-14-18/h5-8,14,16H,2-4,9-13,15H2,1H3,(H,27,28). The first kappa shape index (κ1) is 19.6. The molecule has 154 valence electrons. The quantitative estimate of drug-likeness (QED) is 0.721. The summed E-state index contributed by atoms with van der Waals surface area (Å²) in [7, 11) is 0. The number of fused-ring (bicyclic) bond motifs is 1. The van der Waals surface area contributed by atoms with Gasteiger partial charge in [-0.25, -0.2) is 14.8 Å². The van der Waals surface area contributed by atoms with E-state index in [0.717, 1.165) is 43.9 Å². The average molecular weight is 396 g/mol. The summed E-state index contributed by atoms with van der Waals surface area (Å²) >= 11 is 0.